The summed E-state index contributed by atoms with van der Waals surface area (Å²) in [6.07, 6.45) is 0. The molecule has 2 aromatic carbocycles. The summed E-state index contributed by atoms with van der Waals surface area (Å²) < 4.78 is 2.11. The Kier molecular flexibility index (Phi) is 2.54. The van der Waals surface area contributed by atoms with Gasteiger partial charge >= 0.3 is 0 Å². The third kappa shape index (κ3) is 1.74. The Morgan fingerprint density at radius 1 is 0.857 bits per heavy atom. The van der Waals surface area contributed by atoms with E-state index in [1.165, 1.54) is 0 Å². The Hall–Kier alpha value is -2.68. The van der Waals surface area contributed by atoms with E-state index in [0.717, 1.165) is 39.0 Å². The van der Waals surface area contributed by atoms with Gasteiger partial charge in [0.25, 0.3) is 0 Å². The number of hydrogen-bond donors (Lipinski definition) is 0. The van der Waals surface area contributed by atoms with Gasteiger partial charge in [0, 0.05) is 18.0 Å². The highest BCUT2D eigenvalue weighted by Crippen LogP contribution is 2.29. The first-order valence-electron chi connectivity index (χ1n) is 7.03. The van der Waals surface area contributed by atoms with Crippen molar-refractivity contribution in [2.24, 2.45) is 7.05 Å². The second-order valence-corrected chi connectivity index (χ2v) is 5.27. The molecule has 0 N–H and O–H groups in total. The third-order valence-corrected chi connectivity index (χ3v) is 3.94. The lowest BCUT2D eigenvalue weighted by atomic mass is 10.1. The molecule has 0 bridgehead atoms. The maximum atomic E-state index is 4.91. The van der Waals surface area contributed by atoms with E-state index >= 15 is 0 Å². The summed E-state index contributed by atoms with van der Waals surface area (Å²) in [5.41, 5.74) is 6.10. The van der Waals surface area contributed by atoms with E-state index in [2.05, 4.69) is 28.8 Å². The summed E-state index contributed by atoms with van der Waals surface area (Å²) in [5.74, 6) is 0. The number of fused-ring (bicyclic) bond motifs is 3. The zero-order chi connectivity index (χ0) is 14.4. The predicted molar refractivity (Wildman–Crippen MR) is 86.2 cm³/mol. The van der Waals surface area contributed by atoms with Crippen LogP contribution in [0.3, 0.4) is 0 Å². The average Bonchev–Trinajstić information content (AvgIpc) is 2.80. The standard InChI is InChI=1S/C18H15N3/c1-12-16(13-8-4-3-5-9-13)20-17-14-10-6-7-11-15(14)21(2)18(17)19-12/h3-11H,1-2H3. The van der Waals surface area contributed by atoms with Gasteiger partial charge in [0.2, 0.25) is 0 Å². The van der Waals surface area contributed by atoms with Crippen LogP contribution in [0.4, 0.5) is 0 Å². The van der Waals surface area contributed by atoms with E-state index in [-0.39, 0.29) is 0 Å². The Morgan fingerprint density at radius 2 is 1.57 bits per heavy atom. The third-order valence-electron chi connectivity index (χ3n) is 3.94. The van der Waals surface area contributed by atoms with Gasteiger partial charge in [0.15, 0.2) is 5.65 Å². The van der Waals surface area contributed by atoms with Crippen molar-refractivity contribution in [3.8, 4) is 11.3 Å². The van der Waals surface area contributed by atoms with Gasteiger partial charge in [-0.3, -0.25) is 0 Å². The molecular weight excluding hydrogens is 258 g/mol. The predicted octanol–water partition coefficient (Wildman–Crippen LogP) is 4.10. The summed E-state index contributed by atoms with van der Waals surface area (Å²) in [6, 6.07) is 18.5. The fourth-order valence-electron chi connectivity index (χ4n) is 2.87. The van der Waals surface area contributed by atoms with Crippen molar-refractivity contribution >= 4 is 22.1 Å². The molecule has 2 aromatic heterocycles. The monoisotopic (exact) mass is 273 g/mol. The molecule has 0 unspecified atom stereocenters. The summed E-state index contributed by atoms with van der Waals surface area (Å²) in [5, 5.41) is 1.15. The van der Waals surface area contributed by atoms with Gasteiger partial charge in [-0.2, -0.15) is 0 Å². The van der Waals surface area contributed by atoms with E-state index in [0.29, 0.717) is 0 Å². The largest absolute Gasteiger partial charge is 0.327 e. The van der Waals surface area contributed by atoms with Crippen LogP contribution in [-0.4, -0.2) is 14.5 Å². The molecule has 0 amide bonds. The zero-order valence-electron chi connectivity index (χ0n) is 12.0. The molecule has 0 saturated carbocycles. The second-order valence-electron chi connectivity index (χ2n) is 5.27. The van der Waals surface area contributed by atoms with E-state index in [1.807, 2.05) is 44.3 Å². The lowest BCUT2D eigenvalue weighted by Crippen LogP contribution is -1.96. The quantitative estimate of drug-likeness (QED) is 0.523. The smallest absolute Gasteiger partial charge is 0.159 e. The number of para-hydroxylation sites is 1. The Morgan fingerprint density at radius 3 is 2.38 bits per heavy atom. The number of aryl methyl sites for hydroxylation is 2. The molecule has 3 nitrogen and oxygen atoms in total. The molecule has 0 aliphatic heterocycles. The number of rotatable bonds is 1. The van der Waals surface area contributed by atoms with Gasteiger partial charge in [-0.15, -0.1) is 0 Å². The zero-order valence-corrected chi connectivity index (χ0v) is 12.0. The first kappa shape index (κ1) is 12.1. The number of benzene rings is 2. The van der Waals surface area contributed by atoms with E-state index in [4.69, 9.17) is 9.97 Å². The van der Waals surface area contributed by atoms with Gasteiger partial charge in [-0.25, -0.2) is 9.97 Å². The van der Waals surface area contributed by atoms with Crippen LogP contribution in [0.5, 0.6) is 0 Å². The molecule has 0 radical (unpaired) electrons. The maximum absolute atomic E-state index is 4.91. The van der Waals surface area contributed by atoms with Crippen LogP contribution in [0.25, 0.3) is 33.3 Å². The topological polar surface area (TPSA) is 30.7 Å². The molecule has 0 spiro atoms. The Bertz CT molecular complexity index is 952. The molecule has 3 heteroatoms. The Labute approximate surface area is 122 Å². The minimum absolute atomic E-state index is 0.938. The summed E-state index contributed by atoms with van der Waals surface area (Å²) in [4.78, 5) is 9.70. The van der Waals surface area contributed by atoms with Gasteiger partial charge in [-0.05, 0) is 13.0 Å². The molecular formula is C18H15N3. The van der Waals surface area contributed by atoms with E-state index in [9.17, 15) is 0 Å². The Balaban J connectivity index is 2.12. The lowest BCUT2D eigenvalue weighted by Gasteiger charge is -2.05. The lowest BCUT2D eigenvalue weighted by molar-refractivity contribution is 0.977. The van der Waals surface area contributed by atoms with Crippen molar-refractivity contribution < 1.29 is 0 Å². The van der Waals surface area contributed by atoms with Crippen LogP contribution >= 0.6 is 0 Å². The van der Waals surface area contributed by atoms with Crippen LogP contribution in [0.15, 0.2) is 54.6 Å². The van der Waals surface area contributed by atoms with Crippen LogP contribution in [-0.2, 0) is 7.05 Å². The molecule has 2 heterocycles. The van der Waals surface area contributed by atoms with Crippen molar-refractivity contribution in [2.45, 2.75) is 6.92 Å². The van der Waals surface area contributed by atoms with Crippen molar-refractivity contribution in [3.63, 3.8) is 0 Å². The number of hydrogen-bond acceptors (Lipinski definition) is 2. The second kappa shape index (κ2) is 4.42. The van der Waals surface area contributed by atoms with Crippen LogP contribution in [0.2, 0.25) is 0 Å². The summed E-state index contributed by atoms with van der Waals surface area (Å²) in [6.45, 7) is 2.02. The number of nitrogens with zero attached hydrogens (tertiary/aromatic N) is 3. The first-order valence-corrected chi connectivity index (χ1v) is 7.03. The minimum atomic E-state index is 0.938. The minimum Gasteiger partial charge on any atom is -0.327 e. The molecule has 0 saturated heterocycles. The highest BCUT2D eigenvalue weighted by atomic mass is 15.0. The number of aromatic nitrogens is 3. The molecule has 4 aromatic rings. The van der Waals surface area contributed by atoms with Crippen molar-refractivity contribution in [3.05, 3.63) is 60.3 Å². The highest BCUT2D eigenvalue weighted by molar-refractivity contribution is 6.04. The normalized spacial score (nSPS) is 11.3. The fourth-order valence-corrected chi connectivity index (χ4v) is 2.87. The summed E-state index contributed by atoms with van der Waals surface area (Å²) in [7, 11) is 2.04. The van der Waals surface area contributed by atoms with E-state index in [1.54, 1.807) is 0 Å². The fraction of sp³-hybridized carbons (Fsp3) is 0.111. The molecule has 4 rings (SSSR count). The van der Waals surface area contributed by atoms with Gasteiger partial charge in [-0.1, -0.05) is 48.5 Å². The van der Waals surface area contributed by atoms with E-state index < -0.39 is 0 Å². The molecule has 21 heavy (non-hydrogen) atoms. The molecule has 0 aliphatic rings. The van der Waals surface area contributed by atoms with Crippen molar-refractivity contribution in [2.75, 3.05) is 0 Å². The maximum Gasteiger partial charge on any atom is 0.159 e. The average molecular weight is 273 g/mol. The van der Waals surface area contributed by atoms with Crippen LogP contribution in [0.1, 0.15) is 5.69 Å². The van der Waals surface area contributed by atoms with Gasteiger partial charge in [0.05, 0.1) is 16.9 Å². The molecule has 0 aliphatic carbocycles. The highest BCUT2D eigenvalue weighted by Gasteiger charge is 2.14. The summed E-state index contributed by atoms with van der Waals surface area (Å²) >= 11 is 0. The van der Waals surface area contributed by atoms with Gasteiger partial charge < -0.3 is 4.57 Å². The van der Waals surface area contributed by atoms with Crippen molar-refractivity contribution in [1.82, 2.24) is 14.5 Å². The first-order chi connectivity index (χ1) is 10.3. The SMILES string of the molecule is Cc1nc2c(nc1-c1ccccc1)c1ccccc1n2C. The molecule has 0 fully saturated rings. The molecule has 0 atom stereocenters. The van der Waals surface area contributed by atoms with Crippen LogP contribution in [0, 0.1) is 6.92 Å². The van der Waals surface area contributed by atoms with Crippen molar-refractivity contribution in [1.29, 1.82) is 0 Å². The van der Waals surface area contributed by atoms with Gasteiger partial charge in [0.1, 0.15) is 5.52 Å². The van der Waals surface area contributed by atoms with Crippen LogP contribution < -0.4 is 0 Å². The molecule has 102 valence electrons.